The fourth-order valence-electron chi connectivity index (χ4n) is 2.09. The monoisotopic (exact) mass is 253 g/mol. The van der Waals surface area contributed by atoms with Crippen molar-refractivity contribution in [2.24, 2.45) is 5.73 Å². The molecule has 0 bridgehead atoms. The van der Waals surface area contributed by atoms with E-state index in [9.17, 15) is 4.79 Å². The first kappa shape index (κ1) is 12.9. The van der Waals surface area contributed by atoms with Gasteiger partial charge in [0, 0.05) is 28.7 Å². The zero-order chi connectivity index (χ0) is 14.0. The molecule has 1 aromatic carbocycles. The quantitative estimate of drug-likeness (QED) is 0.674. The van der Waals surface area contributed by atoms with Crippen molar-refractivity contribution in [3.05, 3.63) is 41.6 Å². The van der Waals surface area contributed by atoms with Crippen LogP contribution in [0.4, 0.5) is 0 Å². The highest BCUT2D eigenvalue weighted by molar-refractivity contribution is 6.03. The van der Waals surface area contributed by atoms with Gasteiger partial charge in [-0.05, 0) is 26.0 Å². The Balaban J connectivity index is 2.69. The number of primary amides is 1. The first-order chi connectivity index (χ1) is 9.04. The molecule has 1 amide bonds. The first-order valence-electron chi connectivity index (χ1n) is 6.05. The Hall–Kier alpha value is -2.54. The van der Waals surface area contributed by atoms with E-state index in [0.717, 1.165) is 16.5 Å². The molecule has 4 heteroatoms. The number of nitrogens with zero attached hydrogens (tertiary/aromatic N) is 2. The summed E-state index contributed by atoms with van der Waals surface area (Å²) >= 11 is 0. The Kier molecular flexibility index (Phi) is 3.39. The molecule has 2 aromatic rings. The number of rotatable bonds is 3. The maximum atomic E-state index is 11.1. The van der Waals surface area contributed by atoms with Gasteiger partial charge < -0.3 is 10.3 Å². The first-order valence-corrected chi connectivity index (χ1v) is 6.05. The lowest BCUT2D eigenvalue weighted by Gasteiger charge is -2.08. The molecule has 0 fully saturated rings. The molecular formula is C15H15N3O. The molecule has 1 heterocycles. The average molecular weight is 253 g/mol. The number of hydrogen-bond donors (Lipinski definition) is 1. The lowest BCUT2D eigenvalue weighted by molar-refractivity contribution is -0.114. The number of nitrogens with two attached hydrogens (primary N) is 1. The van der Waals surface area contributed by atoms with Gasteiger partial charge in [-0.3, -0.25) is 4.79 Å². The number of amides is 1. The molecule has 0 radical (unpaired) electrons. The normalized spacial score (nSPS) is 11.8. The van der Waals surface area contributed by atoms with E-state index in [2.05, 4.69) is 18.4 Å². The molecule has 0 spiro atoms. The van der Waals surface area contributed by atoms with Crippen molar-refractivity contribution in [3.63, 3.8) is 0 Å². The van der Waals surface area contributed by atoms with E-state index in [4.69, 9.17) is 11.0 Å². The summed E-state index contributed by atoms with van der Waals surface area (Å²) in [7, 11) is 0. The minimum Gasteiger partial charge on any atom is -0.365 e. The van der Waals surface area contributed by atoms with Gasteiger partial charge in [0.05, 0.1) is 0 Å². The molecule has 0 saturated carbocycles. The molecule has 0 saturated heterocycles. The number of para-hydroxylation sites is 1. The third kappa shape index (κ3) is 2.36. The average Bonchev–Trinajstić information content (AvgIpc) is 2.74. The Labute approximate surface area is 111 Å². The summed E-state index contributed by atoms with van der Waals surface area (Å²) in [5, 5.41) is 9.92. The second-order valence-electron chi connectivity index (χ2n) is 4.64. The van der Waals surface area contributed by atoms with Gasteiger partial charge in [0.2, 0.25) is 0 Å². The smallest absolute Gasteiger partial charge is 0.259 e. The van der Waals surface area contributed by atoms with Gasteiger partial charge in [0.25, 0.3) is 5.91 Å². The third-order valence-corrected chi connectivity index (χ3v) is 3.01. The van der Waals surface area contributed by atoms with Gasteiger partial charge in [0.15, 0.2) is 0 Å². The Morgan fingerprint density at radius 2 is 2.11 bits per heavy atom. The number of aromatic nitrogens is 1. The van der Waals surface area contributed by atoms with Crippen molar-refractivity contribution in [2.45, 2.75) is 19.9 Å². The highest BCUT2D eigenvalue weighted by Gasteiger charge is 2.11. The zero-order valence-electron chi connectivity index (χ0n) is 10.9. The second-order valence-corrected chi connectivity index (χ2v) is 4.64. The summed E-state index contributed by atoms with van der Waals surface area (Å²) in [6.45, 7) is 4.17. The number of benzene rings is 1. The topological polar surface area (TPSA) is 71.8 Å². The number of nitriles is 1. The molecule has 0 atom stereocenters. The van der Waals surface area contributed by atoms with Gasteiger partial charge in [-0.2, -0.15) is 5.26 Å². The zero-order valence-corrected chi connectivity index (χ0v) is 10.9. The van der Waals surface area contributed by atoms with Crippen LogP contribution < -0.4 is 5.73 Å². The van der Waals surface area contributed by atoms with Crippen molar-refractivity contribution in [1.82, 2.24) is 4.57 Å². The van der Waals surface area contributed by atoms with Gasteiger partial charge in [0.1, 0.15) is 11.6 Å². The number of carbonyl (C=O) groups is 1. The Morgan fingerprint density at radius 1 is 1.42 bits per heavy atom. The van der Waals surface area contributed by atoms with Crippen LogP contribution in [0, 0.1) is 11.3 Å². The molecule has 2 rings (SSSR count). The van der Waals surface area contributed by atoms with E-state index in [0.29, 0.717) is 6.04 Å². The molecular weight excluding hydrogens is 238 g/mol. The SMILES string of the molecule is CC(C)n1cc(/C=C(\C#N)C(N)=O)c2ccccc21. The number of carbonyl (C=O) groups excluding carboxylic acids is 1. The lowest BCUT2D eigenvalue weighted by atomic mass is 10.1. The maximum absolute atomic E-state index is 11.1. The molecule has 0 aliphatic carbocycles. The van der Waals surface area contributed by atoms with Crippen LogP contribution >= 0.6 is 0 Å². The number of hydrogen-bond acceptors (Lipinski definition) is 2. The molecule has 0 aliphatic heterocycles. The Bertz CT molecular complexity index is 702. The largest absolute Gasteiger partial charge is 0.365 e. The summed E-state index contributed by atoms with van der Waals surface area (Å²) < 4.78 is 2.11. The molecule has 4 nitrogen and oxygen atoms in total. The molecule has 0 unspecified atom stereocenters. The number of fused-ring (bicyclic) bond motifs is 1. The van der Waals surface area contributed by atoms with E-state index in [1.54, 1.807) is 6.08 Å². The van der Waals surface area contributed by atoms with Gasteiger partial charge in [-0.25, -0.2) is 0 Å². The van der Waals surface area contributed by atoms with Crippen LogP contribution in [0.5, 0.6) is 0 Å². The standard InChI is InChI=1S/C15H15N3O/c1-10(2)18-9-12(7-11(8-16)15(17)19)13-5-3-4-6-14(13)18/h3-7,9-10H,1-2H3,(H2,17,19)/b11-7+. The summed E-state index contributed by atoms with van der Waals surface area (Å²) in [6, 6.07) is 10.0. The van der Waals surface area contributed by atoms with Gasteiger partial charge in [-0.1, -0.05) is 18.2 Å². The van der Waals surface area contributed by atoms with Crippen LogP contribution in [0.3, 0.4) is 0 Å². The van der Waals surface area contributed by atoms with Crippen LogP contribution in [0.15, 0.2) is 36.0 Å². The third-order valence-electron chi connectivity index (χ3n) is 3.01. The minimum atomic E-state index is -0.705. The molecule has 0 aliphatic rings. The lowest BCUT2D eigenvalue weighted by Crippen LogP contribution is -2.12. The summed E-state index contributed by atoms with van der Waals surface area (Å²) in [5.74, 6) is -0.705. The van der Waals surface area contributed by atoms with Crippen LogP contribution in [0.1, 0.15) is 25.5 Å². The van der Waals surface area contributed by atoms with E-state index in [1.807, 2.05) is 36.5 Å². The van der Waals surface area contributed by atoms with Crippen LogP contribution in [0.2, 0.25) is 0 Å². The maximum Gasteiger partial charge on any atom is 0.259 e. The van der Waals surface area contributed by atoms with Crippen LogP contribution in [0.25, 0.3) is 17.0 Å². The van der Waals surface area contributed by atoms with Gasteiger partial charge >= 0.3 is 0 Å². The van der Waals surface area contributed by atoms with Crippen LogP contribution in [-0.2, 0) is 4.79 Å². The highest BCUT2D eigenvalue weighted by atomic mass is 16.1. The predicted octanol–water partition coefficient (Wildman–Crippen LogP) is 2.61. The van der Waals surface area contributed by atoms with Crippen molar-refractivity contribution >= 4 is 22.9 Å². The fourth-order valence-corrected chi connectivity index (χ4v) is 2.09. The van der Waals surface area contributed by atoms with Crippen molar-refractivity contribution in [1.29, 1.82) is 5.26 Å². The van der Waals surface area contributed by atoms with Crippen molar-refractivity contribution in [2.75, 3.05) is 0 Å². The Morgan fingerprint density at radius 3 is 2.68 bits per heavy atom. The summed E-state index contributed by atoms with van der Waals surface area (Å²) in [6.07, 6.45) is 3.49. The van der Waals surface area contributed by atoms with Crippen LogP contribution in [-0.4, -0.2) is 10.5 Å². The highest BCUT2D eigenvalue weighted by Crippen LogP contribution is 2.26. The summed E-state index contributed by atoms with van der Waals surface area (Å²) in [4.78, 5) is 11.1. The minimum absolute atomic E-state index is 0.0355. The fraction of sp³-hybridized carbons (Fsp3) is 0.200. The van der Waals surface area contributed by atoms with E-state index in [1.165, 1.54) is 0 Å². The van der Waals surface area contributed by atoms with E-state index in [-0.39, 0.29) is 5.57 Å². The van der Waals surface area contributed by atoms with Crippen molar-refractivity contribution in [3.8, 4) is 6.07 Å². The molecule has 96 valence electrons. The molecule has 1 aromatic heterocycles. The van der Waals surface area contributed by atoms with Gasteiger partial charge in [-0.15, -0.1) is 0 Å². The van der Waals surface area contributed by atoms with E-state index >= 15 is 0 Å². The summed E-state index contributed by atoms with van der Waals surface area (Å²) in [5.41, 5.74) is 7.04. The predicted molar refractivity (Wildman–Crippen MR) is 75.1 cm³/mol. The molecule has 19 heavy (non-hydrogen) atoms. The van der Waals surface area contributed by atoms with Crippen molar-refractivity contribution < 1.29 is 4.79 Å². The second kappa shape index (κ2) is 4.99. The molecule has 2 N–H and O–H groups in total. The van der Waals surface area contributed by atoms with E-state index < -0.39 is 5.91 Å².